The van der Waals surface area contributed by atoms with Crippen LogP contribution in [0.5, 0.6) is 5.88 Å². The van der Waals surface area contributed by atoms with Gasteiger partial charge in [0, 0.05) is 11.8 Å². The molecule has 0 spiro atoms. The standard InChI is InChI=1S/C16H14Cl2N2O2S/c1-22-13-8-7-12(9-19-13)20-16(21)14(17)15(18)23-10-11-5-3-2-4-6-11/h2-9H,10H2,1H3,(H,20,21)/b15-14-. The molecule has 2 aromatic rings. The van der Waals surface area contributed by atoms with E-state index in [1.54, 1.807) is 12.1 Å². The number of anilines is 1. The number of ether oxygens (including phenoxy) is 1. The lowest BCUT2D eigenvalue weighted by molar-refractivity contribution is -0.112. The van der Waals surface area contributed by atoms with E-state index >= 15 is 0 Å². The van der Waals surface area contributed by atoms with Crippen molar-refractivity contribution in [2.24, 2.45) is 0 Å². The minimum atomic E-state index is -0.482. The van der Waals surface area contributed by atoms with Crippen LogP contribution in [0.25, 0.3) is 0 Å². The van der Waals surface area contributed by atoms with Gasteiger partial charge in [-0.25, -0.2) is 4.98 Å². The van der Waals surface area contributed by atoms with Crippen molar-refractivity contribution < 1.29 is 9.53 Å². The number of amides is 1. The zero-order valence-electron chi connectivity index (χ0n) is 12.3. The van der Waals surface area contributed by atoms with Crippen LogP contribution in [0, 0.1) is 0 Å². The van der Waals surface area contributed by atoms with E-state index in [4.69, 9.17) is 27.9 Å². The first-order valence-corrected chi connectivity index (χ1v) is 8.37. The Bertz CT molecular complexity index is 691. The zero-order valence-corrected chi connectivity index (χ0v) is 14.6. The molecule has 0 aliphatic rings. The number of thioether (sulfide) groups is 1. The second-order valence-corrected chi connectivity index (χ2v) is 6.37. The molecule has 1 aromatic carbocycles. The van der Waals surface area contributed by atoms with Crippen LogP contribution < -0.4 is 10.1 Å². The second-order valence-electron chi connectivity index (χ2n) is 4.41. The molecular formula is C16H14Cl2N2O2S. The average molecular weight is 369 g/mol. The Morgan fingerprint density at radius 2 is 1.96 bits per heavy atom. The molecule has 4 nitrogen and oxygen atoms in total. The Kier molecular flexibility index (Phi) is 6.77. The normalized spacial score (nSPS) is 11.6. The number of rotatable bonds is 6. The molecule has 0 saturated carbocycles. The Hall–Kier alpha value is -1.69. The van der Waals surface area contributed by atoms with Gasteiger partial charge in [0.1, 0.15) is 5.03 Å². The van der Waals surface area contributed by atoms with E-state index in [0.29, 0.717) is 17.3 Å². The largest absolute Gasteiger partial charge is 0.481 e. The number of nitrogens with zero attached hydrogens (tertiary/aromatic N) is 1. The van der Waals surface area contributed by atoms with E-state index in [9.17, 15) is 4.79 Å². The Morgan fingerprint density at radius 3 is 2.57 bits per heavy atom. The van der Waals surface area contributed by atoms with Crippen LogP contribution in [0.4, 0.5) is 5.69 Å². The lowest BCUT2D eigenvalue weighted by Gasteiger charge is -2.07. The van der Waals surface area contributed by atoms with Crippen molar-refractivity contribution >= 4 is 46.6 Å². The summed E-state index contributed by atoms with van der Waals surface area (Å²) in [6.07, 6.45) is 1.48. The van der Waals surface area contributed by atoms with Gasteiger partial charge < -0.3 is 10.1 Å². The highest BCUT2D eigenvalue weighted by atomic mass is 35.5. The first-order chi connectivity index (χ1) is 11.1. The van der Waals surface area contributed by atoms with Crippen LogP contribution in [0.1, 0.15) is 5.56 Å². The monoisotopic (exact) mass is 368 g/mol. The van der Waals surface area contributed by atoms with Crippen molar-refractivity contribution in [3.05, 3.63) is 63.6 Å². The van der Waals surface area contributed by atoms with Gasteiger partial charge in [0.05, 0.1) is 23.4 Å². The van der Waals surface area contributed by atoms with E-state index in [2.05, 4.69) is 10.3 Å². The van der Waals surface area contributed by atoms with Crippen LogP contribution in [-0.2, 0) is 10.5 Å². The second kappa shape index (κ2) is 8.82. The van der Waals surface area contributed by atoms with Gasteiger partial charge in [0.25, 0.3) is 5.91 Å². The van der Waals surface area contributed by atoms with Gasteiger partial charge >= 0.3 is 0 Å². The van der Waals surface area contributed by atoms with E-state index in [1.165, 1.54) is 25.1 Å². The number of hydrogen-bond donors (Lipinski definition) is 1. The Balaban J connectivity index is 1.96. The third-order valence-corrected chi connectivity index (χ3v) is 4.80. The quantitative estimate of drug-likeness (QED) is 0.756. The van der Waals surface area contributed by atoms with Crippen LogP contribution in [0.3, 0.4) is 0 Å². The first kappa shape index (κ1) is 17.7. The molecule has 0 bridgehead atoms. The summed E-state index contributed by atoms with van der Waals surface area (Å²) in [6.45, 7) is 0. The van der Waals surface area contributed by atoms with Crippen LogP contribution in [0.15, 0.2) is 58.1 Å². The molecular weight excluding hydrogens is 355 g/mol. The predicted octanol–water partition coefficient (Wildman–Crippen LogP) is 4.61. The summed E-state index contributed by atoms with van der Waals surface area (Å²) >= 11 is 13.4. The molecule has 2 rings (SSSR count). The number of methoxy groups -OCH3 is 1. The summed E-state index contributed by atoms with van der Waals surface area (Å²) < 4.78 is 5.20. The van der Waals surface area contributed by atoms with Crippen LogP contribution in [-0.4, -0.2) is 18.0 Å². The number of benzene rings is 1. The number of aromatic nitrogens is 1. The minimum Gasteiger partial charge on any atom is -0.481 e. The van der Waals surface area contributed by atoms with E-state index in [0.717, 1.165) is 5.56 Å². The highest BCUT2D eigenvalue weighted by Crippen LogP contribution is 2.30. The average Bonchev–Trinajstić information content (AvgIpc) is 2.60. The minimum absolute atomic E-state index is 0.0524. The summed E-state index contributed by atoms with van der Waals surface area (Å²) in [7, 11) is 1.52. The molecule has 0 saturated heterocycles. The SMILES string of the molecule is COc1ccc(NC(=O)/C(Cl)=C(\Cl)SCc2ccccc2)cn1. The number of carbonyl (C=O) groups is 1. The van der Waals surface area contributed by atoms with Gasteiger partial charge in [0.15, 0.2) is 0 Å². The maximum Gasteiger partial charge on any atom is 0.269 e. The topological polar surface area (TPSA) is 51.2 Å². The number of halogens is 2. The maximum absolute atomic E-state index is 12.1. The highest BCUT2D eigenvalue weighted by molar-refractivity contribution is 8.03. The lowest BCUT2D eigenvalue weighted by Crippen LogP contribution is -2.12. The van der Waals surface area contributed by atoms with E-state index in [1.807, 2.05) is 30.3 Å². The summed E-state index contributed by atoms with van der Waals surface area (Å²) in [6, 6.07) is 13.1. The fourth-order valence-corrected chi connectivity index (χ4v) is 2.80. The van der Waals surface area contributed by atoms with Crippen molar-refractivity contribution in [2.45, 2.75) is 5.75 Å². The van der Waals surface area contributed by atoms with Gasteiger partial charge in [-0.15, -0.1) is 11.8 Å². The van der Waals surface area contributed by atoms with Crippen molar-refractivity contribution in [2.75, 3.05) is 12.4 Å². The van der Waals surface area contributed by atoms with Crippen LogP contribution >= 0.6 is 35.0 Å². The molecule has 1 N–H and O–H groups in total. The maximum atomic E-state index is 12.1. The Labute approximate surface area is 148 Å². The molecule has 1 amide bonds. The fraction of sp³-hybridized carbons (Fsp3) is 0.125. The highest BCUT2D eigenvalue weighted by Gasteiger charge is 2.13. The summed E-state index contributed by atoms with van der Waals surface area (Å²) in [4.78, 5) is 16.1. The smallest absolute Gasteiger partial charge is 0.269 e. The van der Waals surface area contributed by atoms with Crippen molar-refractivity contribution in [3.63, 3.8) is 0 Å². The van der Waals surface area contributed by atoms with E-state index in [-0.39, 0.29) is 9.40 Å². The third-order valence-electron chi connectivity index (χ3n) is 2.78. The van der Waals surface area contributed by atoms with Crippen molar-refractivity contribution in [1.29, 1.82) is 0 Å². The summed E-state index contributed by atoms with van der Waals surface area (Å²) in [5.41, 5.74) is 1.60. The van der Waals surface area contributed by atoms with Gasteiger partial charge in [-0.05, 0) is 11.6 Å². The fourth-order valence-electron chi connectivity index (χ4n) is 1.63. The number of pyridine rings is 1. The molecule has 23 heavy (non-hydrogen) atoms. The van der Waals surface area contributed by atoms with Crippen molar-refractivity contribution in [1.82, 2.24) is 4.98 Å². The molecule has 1 aromatic heterocycles. The molecule has 1 heterocycles. The Morgan fingerprint density at radius 1 is 1.22 bits per heavy atom. The van der Waals surface area contributed by atoms with E-state index < -0.39 is 5.91 Å². The molecule has 0 fully saturated rings. The van der Waals surface area contributed by atoms with Crippen molar-refractivity contribution in [3.8, 4) is 5.88 Å². The molecule has 0 radical (unpaired) electrons. The zero-order chi connectivity index (χ0) is 16.7. The first-order valence-electron chi connectivity index (χ1n) is 6.63. The van der Waals surface area contributed by atoms with Crippen LogP contribution in [0.2, 0.25) is 0 Å². The molecule has 0 atom stereocenters. The third kappa shape index (κ3) is 5.46. The molecule has 0 unspecified atom stereocenters. The lowest BCUT2D eigenvalue weighted by atomic mass is 10.2. The summed E-state index contributed by atoms with van der Waals surface area (Å²) in [5, 5.41) is 2.58. The molecule has 120 valence electrons. The van der Waals surface area contributed by atoms with Gasteiger partial charge in [-0.1, -0.05) is 53.5 Å². The number of nitrogens with one attached hydrogen (secondary N) is 1. The van der Waals surface area contributed by atoms with Gasteiger partial charge in [-0.3, -0.25) is 4.79 Å². The van der Waals surface area contributed by atoms with Gasteiger partial charge in [0.2, 0.25) is 5.88 Å². The molecule has 0 aliphatic carbocycles. The molecule has 7 heteroatoms. The summed E-state index contributed by atoms with van der Waals surface area (Å²) in [5.74, 6) is 0.609. The van der Waals surface area contributed by atoms with Gasteiger partial charge in [-0.2, -0.15) is 0 Å². The predicted molar refractivity (Wildman–Crippen MR) is 95.9 cm³/mol. The molecule has 0 aliphatic heterocycles. The number of hydrogen-bond acceptors (Lipinski definition) is 4. The number of carbonyl (C=O) groups excluding carboxylic acids is 1.